The van der Waals surface area contributed by atoms with Crippen molar-refractivity contribution in [1.82, 2.24) is 4.98 Å². The molecule has 0 aliphatic heterocycles. The molecule has 0 unspecified atom stereocenters. The van der Waals surface area contributed by atoms with Gasteiger partial charge in [0.2, 0.25) is 5.91 Å². The van der Waals surface area contributed by atoms with Crippen LogP contribution in [0.25, 0.3) is 11.3 Å². The number of hydrogen-bond donors (Lipinski definition) is 1. The zero-order valence-electron chi connectivity index (χ0n) is 10.0. The van der Waals surface area contributed by atoms with Crippen LogP contribution in [-0.4, -0.2) is 17.3 Å². The van der Waals surface area contributed by atoms with Crippen molar-refractivity contribution in [2.24, 2.45) is 5.73 Å². The zero-order valence-corrected chi connectivity index (χ0v) is 10.0. The van der Waals surface area contributed by atoms with Crippen molar-refractivity contribution in [1.29, 1.82) is 0 Å². The van der Waals surface area contributed by atoms with E-state index in [2.05, 4.69) is 9.72 Å². The molecule has 0 radical (unpaired) electrons. The van der Waals surface area contributed by atoms with Gasteiger partial charge in [-0.3, -0.25) is 9.78 Å². The third kappa shape index (κ3) is 3.47. The van der Waals surface area contributed by atoms with E-state index < -0.39 is 12.3 Å². The molecule has 1 heterocycles. The molecule has 104 valence electrons. The summed E-state index contributed by atoms with van der Waals surface area (Å²) in [4.78, 5) is 14.9. The first-order valence-electron chi connectivity index (χ1n) is 5.47. The number of pyridine rings is 1. The Morgan fingerprint density at radius 1 is 1.20 bits per heavy atom. The van der Waals surface area contributed by atoms with Gasteiger partial charge in [0, 0.05) is 11.8 Å². The van der Waals surface area contributed by atoms with E-state index in [9.17, 15) is 18.0 Å². The number of halogens is 3. The predicted molar refractivity (Wildman–Crippen MR) is 64.9 cm³/mol. The highest BCUT2D eigenvalue weighted by Gasteiger charge is 2.31. The minimum Gasteiger partial charge on any atom is -0.406 e. The van der Waals surface area contributed by atoms with E-state index in [1.165, 1.54) is 36.5 Å². The molecular formula is C13H9F3N2O2. The number of nitrogens with two attached hydrogens (primary N) is 1. The van der Waals surface area contributed by atoms with E-state index >= 15 is 0 Å². The molecule has 2 rings (SSSR count). The van der Waals surface area contributed by atoms with Crippen LogP contribution in [0.2, 0.25) is 0 Å². The topological polar surface area (TPSA) is 65.2 Å². The van der Waals surface area contributed by atoms with Gasteiger partial charge < -0.3 is 10.5 Å². The Labute approximate surface area is 112 Å². The molecule has 0 fully saturated rings. The standard InChI is InChI=1S/C13H9F3N2O2/c14-13(15,16)20-10-3-1-2-8(6-10)11-5-4-9(7-18-11)12(17)19/h1-7H,(H2,17,19). The lowest BCUT2D eigenvalue weighted by Gasteiger charge is -2.09. The quantitative estimate of drug-likeness (QED) is 0.941. The third-order valence-corrected chi connectivity index (χ3v) is 2.41. The maximum Gasteiger partial charge on any atom is 0.573 e. The molecular weight excluding hydrogens is 273 g/mol. The summed E-state index contributed by atoms with van der Waals surface area (Å²) in [5.41, 5.74) is 6.13. The van der Waals surface area contributed by atoms with Gasteiger partial charge in [-0.25, -0.2) is 0 Å². The Balaban J connectivity index is 2.28. The number of aromatic nitrogens is 1. The Kier molecular flexibility index (Phi) is 3.60. The summed E-state index contributed by atoms with van der Waals surface area (Å²) >= 11 is 0. The van der Waals surface area contributed by atoms with E-state index in [0.29, 0.717) is 11.3 Å². The van der Waals surface area contributed by atoms with Crippen LogP contribution in [0, 0.1) is 0 Å². The van der Waals surface area contributed by atoms with Crippen LogP contribution in [0.5, 0.6) is 5.75 Å². The number of benzene rings is 1. The summed E-state index contributed by atoms with van der Waals surface area (Å²) in [6.07, 6.45) is -3.49. The largest absolute Gasteiger partial charge is 0.573 e. The van der Waals surface area contributed by atoms with Gasteiger partial charge in [-0.1, -0.05) is 12.1 Å². The highest BCUT2D eigenvalue weighted by molar-refractivity contribution is 5.92. The fraction of sp³-hybridized carbons (Fsp3) is 0.0769. The Morgan fingerprint density at radius 3 is 2.50 bits per heavy atom. The Hall–Kier alpha value is -2.57. The lowest BCUT2D eigenvalue weighted by Crippen LogP contribution is -2.17. The summed E-state index contributed by atoms with van der Waals surface area (Å²) in [6.45, 7) is 0. The second-order valence-electron chi connectivity index (χ2n) is 3.87. The first kappa shape index (κ1) is 13.9. The van der Waals surface area contributed by atoms with Crippen LogP contribution in [-0.2, 0) is 0 Å². The van der Waals surface area contributed by atoms with Crippen LogP contribution in [0.4, 0.5) is 13.2 Å². The van der Waals surface area contributed by atoms with Crippen LogP contribution >= 0.6 is 0 Å². The number of ether oxygens (including phenoxy) is 1. The monoisotopic (exact) mass is 282 g/mol. The van der Waals surface area contributed by atoms with Gasteiger partial charge >= 0.3 is 6.36 Å². The number of alkyl halides is 3. The molecule has 0 spiro atoms. The minimum atomic E-state index is -4.75. The van der Waals surface area contributed by atoms with Crippen LogP contribution < -0.4 is 10.5 Å². The normalized spacial score (nSPS) is 11.2. The number of carbonyl (C=O) groups is 1. The van der Waals surface area contributed by atoms with Crippen LogP contribution in [0.15, 0.2) is 42.6 Å². The summed E-state index contributed by atoms with van der Waals surface area (Å²) in [6, 6.07) is 8.33. The molecule has 0 saturated heterocycles. The molecule has 2 N–H and O–H groups in total. The van der Waals surface area contributed by atoms with Crippen molar-refractivity contribution in [3.05, 3.63) is 48.2 Å². The van der Waals surface area contributed by atoms with Crippen molar-refractivity contribution < 1.29 is 22.7 Å². The van der Waals surface area contributed by atoms with E-state index in [-0.39, 0.29) is 11.3 Å². The average Bonchev–Trinajstić information content (AvgIpc) is 2.37. The highest BCUT2D eigenvalue weighted by atomic mass is 19.4. The van der Waals surface area contributed by atoms with Crippen molar-refractivity contribution in [3.8, 4) is 17.0 Å². The van der Waals surface area contributed by atoms with Gasteiger partial charge in [-0.15, -0.1) is 13.2 Å². The van der Waals surface area contributed by atoms with E-state index in [1.54, 1.807) is 6.07 Å². The minimum absolute atomic E-state index is 0.219. The van der Waals surface area contributed by atoms with Crippen molar-refractivity contribution >= 4 is 5.91 Å². The molecule has 1 amide bonds. The maximum absolute atomic E-state index is 12.1. The smallest absolute Gasteiger partial charge is 0.406 e. The average molecular weight is 282 g/mol. The van der Waals surface area contributed by atoms with Crippen molar-refractivity contribution in [2.75, 3.05) is 0 Å². The van der Waals surface area contributed by atoms with Gasteiger partial charge in [0.1, 0.15) is 5.75 Å². The molecule has 7 heteroatoms. The number of nitrogens with zero attached hydrogens (tertiary/aromatic N) is 1. The fourth-order valence-corrected chi connectivity index (χ4v) is 1.56. The molecule has 2 aromatic rings. The lowest BCUT2D eigenvalue weighted by atomic mass is 10.1. The van der Waals surface area contributed by atoms with Gasteiger partial charge in [0.15, 0.2) is 0 Å². The molecule has 0 aliphatic rings. The van der Waals surface area contributed by atoms with Gasteiger partial charge in [0.05, 0.1) is 11.3 Å². The van der Waals surface area contributed by atoms with Crippen LogP contribution in [0.1, 0.15) is 10.4 Å². The molecule has 1 aromatic carbocycles. The number of rotatable bonds is 3. The van der Waals surface area contributed by atoms with Crippen molar-refractivity contribution in [2.45, 2.75) is 6.36 Å². The van der Waals surface area contributed by atoms with Crippen LogP contribution in [0.3, 0.4) is 0 Å². The zero-order chi connectivity index (χ0) is 14.8. The summed E-state index contributed by atoms with van der Waals surface area (Å²) in [5.74, 6) is -0.964. The molecule has 0 saturated carbocycles. The molecule has 1 aromatic heterocycles. The Morgan fingerprint density at radius 2 is 1.95 bits per heavy atom. The number of hydrogen-bond acceptors (Lipinski definition) is 3. The highest BCUT2D eigenvalue weighted by Crippen LogP contribution is 2.27. The predicted octanol–water partition coefficient (Wildman–Crippen LogP) is 2.75. The third-order valence-electron chi connectivity index (χ3n) is 2.41. The summed E-state index contributed by atoms with van der Waals surface area (Å²) in [7, 11) is 0. The second kappa shape index (κ2) is 5.20. The maximum atomic E-state index is 12.1. The summed E-state index contributed by atoms with van der Waals surface area (Å²) < 4.78 is 40.2. The lowest BCUT2D eigenvalue weighted by molar-refractivity contribution is -0.274. The fourth-order valence-electron chi connectivity index (χ4n) is 1.56. The Bertz CT molecular complexity index is 624. The first-order valence-corrected chi connectivity index (χ1v) is 5.47. The molecule has 20 heavy (non-hydrogen) atoms. The molecule has 0 bridgehead atoms. The molecule has 4 nitrogen and oxygen atoms in total. The van der Waals surface area contributed by atoms with E-state index in [1.807, 2.05) is 0 Å². The number of carbonyl (C=O) groups excluding carboxylic acids is 1. The SMILES string of the molecule is NC(=O)c1ccc(-c2cccc(OC(F)(F)F)c2)nc1. The summed E-state index contributed by atoms with van der Waals surface area (Å²) in [5, 5.41) is 0. The van der Waals surface area contributed by atoms with Gasteiger partial charge in [0.25, 0.3) is 0 Å². The molecule has 0 aliphatic carbocycles. The van der Waals surface area contributed by atoms with Crippen molar-refractivity contribution in [3.63, 3.8) is 0 Å². The molecule has 0 atom stereocenters. The van der Waals surface area contributed by atoms with Gasteiger partial charge in [-0.2, -0.15) is 0 Å². The van der Waals surface area contributed by atoms with E-state index in [4.69, 9.17) is 5.73 Å². The number of amides is 1. The number of primary amides is 1. The van der Waals surface area contributed by atoms with Gasteiger partial charge in [-0.05, 0) is 24.3 Å². The van der Waals surface area contributed by atoms with E-state index in [0.717, 1.165) is 0 Å². The first-order chi connectivity index (χ1) is 9.35. The second-order valence-corrected chi connectivity index (χ2v) is 3.87.